The van der Waals surface area contributed by atoms with Crippen LogP contribution in [0.25, 0.3) is 0 Å². The lowest BCUT2D eigenvalue weighted by Gasteiger charge is -2.19. The summed E-state index contributed by atoms with van der Waals surface area (Å²) >= 11 is 1.32. The van der Waals surface area contributed by atoms with Gasteiger partial charge in [0.25, 0.3) is 11.8 Å². The van der Waals surface area contributed by atoms with Crippen molar-refractivity contribution in [2.24, 2.45) is 7.05 Å². The summed E-state index contributed by atoms with van der Waals surface area (Å²) in [4.78, 5) is 31.8. The van der Waals surface area contributed by atoms with Crippen LogP contribution in [0, 0.1) is 0 Å². The van der Waals surface area contributed by atoms with Crippen LogP contribution in [-0.2, 0) is 13.6 Å². The van der Waals surface area contributed by atoms with Gasteiger partial charge >= 0.3 is 0 Å². The fraction of sp³-hybridized carbons (Fsp3) is 0.250. The van der Waals surface area contributed by atoms with Crippen molar-refractivity contribution in [3.63, 3.8) is 0 Å². The first-order valence-electron chi connectivity index (χ1n) is 8.77. The second-order valence-electron chi connectivity index (χ2n) is 6.31. The normalized spacial score (nSPS) is 10.5. The van der Waals surface area contributed by atoms with Gasteiger partial charge in [0.15, 0.2) is 11.5 Å². The summed E-state index contributed by atoms with van der Waals surface area (Å²) < 4.78 is 12.6. The molecule has 2 amide bonds. The number of thiophene rings is 1. The SMILES string of the molecule is COc1cc(C(=O)N(C)Cc2nccn2C)cc(NC(=O)c2cccs2)c1OC. The number of nitrogens with zero attached hydrogens (tertiary/aromatic N) is 3. The summed E-state index contributed by atoms with van der Waals surface area (Å²) in [5, 5.41) is 4.63. The lowest BCUT2D eigenvalue weighted by molar-refractivity contribution is 0.0779. The van der Waals surface area contributed by atoms with Gasteiger partial charge in [-0.1, -0.05) is 6.07 Å². The Bertz CT molecular complexity index is 1010. The molecule has 8 nitrogen and oxygen atoms in total. The first-order valence-corrected chi connectivity index (χ1v) is 9.65. The van der Waals surface area contributed by atoms with Crippen molar-refractivity contribution >= 4 is 28.8 Å². The monoisotopic (exact) mass is 414 g/mol. The predicted octanol–water partition coefficient (Wildman–Crippen LogP) is 3.02. The van der Waals surface area contributed by atoms with Crippen molar-refractivity contribution in [3.8, 4) is 11.5 Å². The zero-order valence-electron chi connectivity index (χ0n) is 16.6. The Kier molecular flexibility index (Phi) is 6.18. The number of nitrogens with one attached hydrogen (secondary N) is 1. The molecule has 0 fully saturated rings. The van der Waals surface area contributed by atoms with E-state index in [9.17, 15) is 9.59 Å². The molecule has 3 aromatic rings. The minimum absolute atomic E-state index is 0.236. The molecule has 152 valence electrons. The molecule has 0 bridgehead atoms. The zero-order valence-corrected chi connectivity index (χ0v) is 17.4. The van der Waals surface area contributed by atoms with Crippen molar-refractivity contribution in [2.75, 3.05) is 26.6 Å². The number of rotatable bonds is 7. The number of methoxy groups -OCH3 is 2. The summed E-state index contributed by atoms with van der Waals surface area (Å²) in [7, 11) is 6.52. The summed E-state index contributed by atoms with van der Waals surface area (Å²) in [6, 6.07) is 6.70. The van der Waals surface area contributed by atoms with Crippen LogP contribution < -0.4 is 14.8 Å². The highest BCUT2D eigenvalue weighted by molar-refractivity contribution is 7.12. The molecule has 0 unspecified atom stereocenters. The number of hydrogen-bond donors (Lipinski definition) is 1. The molecule has 2 aromatic heterocycles. The minimum atomic E-state index is -0.286. The Morgan fingerprint density at radius 1 is 1.28 bits per heavy atom. The second kappa shape index (κ2) is 8.78. The molecule has 1 aromatic carbocycles. The summed E-state index contributed by atoms with van der Waals surface area (Å²) in [5.41, 5.74) is 0.722. The van der Waals surface area contributed by atoms with Crippen LogP contribution in [0.5, 0.6) is 11.5 Å². The maximum Gasteiger partial charge on any atom is 0.265 e. The van der Waals surface area contributed by atoms with E-state index in [0.717, 1.165) is 5.82 Å². The highest BCUT2D eigenvalue weighted by Gasteiger charge is 2.21. The fourth-order valence-electron chi connectivity index (χ4n) is 2.83. The van der Waals surface area contributed by atoms with Crippen LogP contribution in [0.1, 0.15) is 25.9 Å². The molecule has 2 heterocycles. The maximum absolute atomic E-state index is 13.0. The number of carbonyl (C=O) groups excluding carboxylic acids is 2. The van der Waals surface area contributed by atoms with Gasteiger partial charge in [-0.05, 0) is 23.6 Å². The average Bonchev–Trinajstić information content (AvgIpc) is 3.39. The van der Waals surface area contributed by atoms with Crippen LogP contribution in [0.3, 0.4) is 0 Å². The minimum Gasteiger partial charge on any atom is -0.493 e. The summed E-state index contributed by atoms with van der Waals surface area (Å²) in [6.07, 6.45) is 3.50. The van der Waals surface area contributed by atoms with Gasteiger partial charge in [-0.25, -0.2) is 4.98 Å². The van der Waals surface area contributed by atoms with Gasteiger partial charge in [0.05, 0.1) is 31.3 Å². The molecule has 1 N–H and O–H groups in total. The van der Waals surface area contributed by atoms with Gasteiger partial charge in [-0.3, -0.25) is 9.59 Å². The number of carbonyl (C=O) groups is 2. The highest BCUT2D eigenvalue weighted by Crippen LogP contribution is 2.37. The van der Waals surface area contributed by atoms with Crippen molar-refractivity contribution in [1.29, 1.82) is 0 Å². The third kappa shape index (κ3) is 4.40. The number of aryl methyl sites for hydroxylation is 1. The number of imidazole rings is 1. The third-order valence-corrected chi connectivity index (χ3v) is 5.23. The number of benzene rings is 1. The topological polar surface area (TPSA) is 85.7 Å². The van der Waals surface area contributed by atoms with Crippen LogP contribution in [0.15, 0.2) is 42.0 Å². The number of aromatic nitrogens is 2. The van der Waals surface area contributed by atoms with Gasteiger partial charge in [0, 0.05) is 32.1 Å². The van der Waals surface area contributed by atoms with E-state index in [4.69, 9.17) is 9.47 Å². The first kappa shape index (κ1) is 20.4. The van der Waals surface area contributed by atoms with Crippen molar-refractivity contribution < 1.29 is 19.1 Å². The Morgan fingerprint density at radius 2 is 2.07 bits per heavy atom. The van der Waals surface area contributed by atoms with E-state index in [1.807, 2.05) is 23.2 Å². The summed E-state index contributed by atoms with van der Waals surface area (Å²) in [6.45, 7) is 0.341. The average molecular weight is 414 g/mol. The van der Waals surface area contributed by atoms with Crippen LogP contribution in [0.2, 0.25) is 0 Å². The Labute approximate surface area is 172 Å². The van der Waals surface area contributed by atoms with Crippen molar-refractivity contribution in [2.45, 2.75) is 6.54 Å². The van der Waals surface area contributed by atoms with E-state index in [1.165, 1.54) is 25.6 Å². The van der Waals surface area contributed by atoms with Crippen LogP contribution in [-0.4, -0.2) is 47.5 Å². The molecule has 0 aliphatic carbocycles. The molecule has 0 aliphatic rings. The molecule has 0 atom stereocenters. The number of ether oxygens (including phenoxy) is 2. The fourth-order valence-corrected chi connectivity index (χ4v) is 3.44. The van der Waals surface area contributed by atoms with E-state index in [-0.39, 0.29) is 11.8 Å². The molecular weight excluding hydrogens is 392 g/mol. The highest BCUT2D eigenvalue weighted by atomic mass is 32.1. The molecule has 3 rings (SSSR count). The van der Waals surface area contributed by atoms with Crippen LogP contribution in [0.4, 0.5) is 5.69 Å². The largest absolute Gasteiger partial charge is 0.493 e. The molecule has 0 spiro atoms. The lowest BCUT2D eigenvalue weighted by Crippen LogP contribution is -2.27. The number of amides is 2. The number of hydrogen-bond acceptors (Lipinski definition) is 6. The first-order chi connectivity index (χ1) is 13.9. The van der Waals surface area contributed by atoms with Gasteiger partial charge < -0.3 is 24.3 Å². The molecule has 0 radical (unpaired) electrons. The van der Waals surface area contributed by atoms with Crippen LogP contribution >= 0.6 is 11.3 Å². The quantitative estimate of drug-likeness (QED) is 0.642. The van der Waals surface area contributed by atoms with Gasteiger partial charge in [-0.2, -0.15) is 0 Å². The second-order valence-corrected chi connectivity index (χ2v) is 7.25. The van der Waals surface area contributed by atoms with Gasteiger partial charge in [0.1, 0.15) is 5.82 Å². The van der Waals surface area contributed by atoms with Crippen molar-refractivity contribution in [1.82, 2.24) is 14.5 Å². The smallest absolute Gasteiger partial charge is 0.265 e. The number of anilines is 1. The van der Waals surface area contributed by atoms with Crippen molar-refractivity contribution in [3.05, 3.63) is 58.3 Å². The van der Waals surface area contributed by atoms with E-state index in [0.29, 0.717) is 34.2 Å². The molecule has 0 aliphatic heterocycles. The van der Waals surface area contributed by atoms with Gasteiger partial charge in [0.2, 0.25) is 0 Å². The molecule has 29 heavy (non-hydrogen) atoms. The standard InChI is InChI=1S/C20H22N4O4S/c1-23-8-7-21-17(23)12-24(2)20(26)13-10-14(18(28-4)15(11-13)27-3)22-19(25)16-6-5-9-29-16/h5-11H,12H2,1-4H3,(H,22,25). The Morgan fingerprint density at radius 3 is 2.66 bits per heavy atom. The van der Waals surface area contributed by atoms with Gasteiger partial charge in [-0.15, -0.1) is 11.3 Å². The zero-order chi connectivity index (χ0) is 21.0. The Balaban J connectivity index is 1.91. The maximum atomic E-state index is 13.0. The predicted molar refractivity (Wildman–Crippen MR) is 111 cm³/mol. The lowest BCUT2D eigenvalue weighted by atomic mass is 10.1. The van der Waals surface area contributed by atoms with E-state index >= 15 is 0 Å². The molecular formula is C20H22N4O4S. The van der Waals surface area contributed by atoms with E-state index in [1.54, 1.807) is 42.4 Å². The van der Waals surface area contributed by atoms with E-state index in [2.05, 4.69) is 10.3 Å². The molecule has 0 saturated carbocycles. The van der Waals surface area contributed by atoms with E-state index < -0.39 is 0 Å². The Hall–Kier alpha value is -3.33. The molecule has 0 saturated heterocycles. The third-order valence-electron chi connectivity index (χ3n) is 4.37. The molecule has 9 heteroatoms. The summed E-state index contributed by atoms with van der Waals surface area (Å²) in [5.74, 6) is 0.936.